The van der Waals surface area contributed by atoms with Crippen LogP contribution in [-0.4, -0.2) is 21.7 Å². The van der Waals surface area contributed by atoms with Crippen LogP contribution in [0.2, 0.25) is 0 Å². The lowest BCUT2D eigenvalue weighted by Crippen LogP contribution is -2.16. The van der Waals surface area contributed by atoms with Gasteiger partial charge < -0.3 is 9.47 Å². The van der Waals surface area contributed by atoms with E-state index in [9.17, 15) is 18.0 Å². The predicted octanol–water partition coefficient (Wildman–Crippen LogP) is 4.42. The van der Waals surface area contributed by atoms with Gasteiger partial charge in [0.25, 0.3) is 5.56 Å². The number of methoxy groups -OCH3 is 1. The molecule has 2 aromatic heterocycles. The monoisotopic (exact) mass is 433 g/mol. The molecule has 0 amide bonds. The molecule has 0 atom stereocenters. The third-order valence-electron chi connectivity index (χ3n) is 4.18. The topological polar surface area (TPSA) is 65.7 Å². The molecule has 0 saturated carbocycles. The molecule has 0 bridgehead atoms. The quantitative estimate of drug-likeness (QED) is 0.466. The molecule has 10 heteroatoms. The number of ether oxygens (including phenoxy) is 2. The van der Waals surface area contributed by atoms with E-state index in [1.165, 1.54) is 34.1 Å². The number of hydrogen-bond acceptors (Lipinski definition) is 6. The van der Waals surface area contributed by atoms with E-state index in [4.69, 9.17) is 9.47 Å². The maximum atomic E-state index is 12.8. The number of benzene rings is 2. The predicted molar refractivity (Wildman–Crippen MR) is 105 cm³/mol. The van der Waals surface area contributed by atoms with Crippen LogP contribution in [0, 0.1) is 0 Å². The molecular weight excluding hydrogens is 419 g/mol. The highest BCUT2D eigenvalue weighted by Crippen LogP contribution is 2.31. The first-order chi connectivity index (χ1) is 14.3. The number of nitrogens with zero attached hydrogens (tertiary/aromatic N) is 3. The Labute approximate surface area is 172 Å². The third-order valence-corrected chi connectivity index (χ3v) is 5.14. The average Bonchev–Trinajstić information content (AvgIpc) is 3.17. The van der Waals surface area contributed by atoms with Crippen LogP contribution in [0.25, 0.3) is 15.5 Å². The number of alkyl halides is 3. The Hall–Kier alpha value is -3.40. The molecule has 6 nitrogen and oxygen atoms in total. The van der Waals surface area contributed by atoms with E-state index in [-0.39, 0.29) is 12.4 Å². The van der Waals surface area contributed by atoms with E-state index in [1.54, 1.807) is 19.2 Å². The molecule has 0 fully saturated rings. The minimum atomic E-state index is -4.46. The van der Waals surface area contributed by atoms with Gasteiger partial charge in [-0.2, -0.15) is 22.8 Å². The van der Waals surface area contributed by atoms with Gasteiger partial charge in [0.2, 0.25) is 4.96 Å². The molecule has 4 rings (SSSR count). The lowest BCUT2D eigenvalue weighted by atomic mass is 10.2. The highest BCUT2D eigenvalue weighted by Gasteiger charge is 2.30. The Morgan fingerprint density at radius 3 is 2.53 bits per heavy atom. The molecule has 2 heterocycles. The molecule has 0 unspecified atom stereocenters. The molecule has 0 spiro atoms. The molecule has 0 radical (unpaired) electrons. The third kappa shape index (κ3) is 4.13. The second-order valence-electron chi connectivity index (χ2n) is 6.23. The Morgan fingerprint density at radius 2 is 1.83 bits per heavy atom. The van der Waals surface area contributed by atoms with Crippen molar-refractivity contribution in [3.8, 4) is 22.1 Å². The lowest BCUT2D eigenvalue weighted by Gasteiger charge is -2.09. The van der Waals surface area contributed by atoms with E-state index in [0.717, 1.165) is 17.7 Å². The van der Waals surface area contributed by atoms with E-state index in [0.29, 0.717) is 21.4 Å². The minimum absolute atomic E-state index is 0.0371. The Morgan fingerprint density at radius 1 is 1.07 bits per heavy atom. The summed E-state index contributed by atoms with van der Waals surface area (Å²) < 4.78 is 50.2. The zero-order chi connectivity index (χ0) is 21.3. The van der Waals surface area contributed by atoms with Crippen LogP contribution in [0.1, 0.15) is 11.3 Å². The first-order valence-electron chi connectivity index (χ1n) is 8.68. The zero-order valence-corrected chi connectivity index (χ0v) is 16.3. The largest absolute Gasteiger partial charge is 0.497 e. The maximum absolute atomic E-state index is 12.8. The van der Waals surface area contributed by atoms with Crippen molar-refractivity contribution in [2.45, 2.75) is 12.8 Å². The van der Waals surface area contributed by atoms with Gasteiger partial charge in [-0.05, 0) is 42.5 Å². The summed E-state index contributed by atoms with van der Waals surface area (Å²) in [5, 5.41) is 4.89. The number of aromatic nitrogens is 3. The fraction of sp³-hybridized carbons (Fsp3) is 0.150. The number of rotatable bonds is 5. The van der Waals surface area contributed by atoms with E-state index in [2.05, 4.69) is 10.1 Å². The summed E-state index contributed by atoms with van der Waals surface area (Å²) in [5.41, 5.74) is -0.122. The van der Waals surface area contributed by atoms with Crippen LogP contribution in [0.15, 0.2) is 59.4 Å². The SMILES string of the molecule is COc1ccc(-c2nn3c(=O)cc(COc4cccc(C(F)(F)F)c4)nc3s2)cc1. The van der Waals surface area contributed by atoms with Crippen molar-refractivity contribution in [1.82, 2.24) is 14.6 Å². The van der Waals surface area contributed by atoms with Gasteiger partial charge in [-0.3, -0.25) is 4.79 Å². The lowest BCUT2D eigenvalue weighted by molar-refractivity contribution is -0.137. The Kier molecular flexibility index (Phi) is 5.17. The maximum Gasteiger partial charge on any atom is 0.416 e. The number of hydrogen-bond donors (Lipinski definition) is 0. The highest BCUT2D eigenvalue weighted by atomic mass is 32.1. The van der Waals surface area contributed by atoms with Gasteiger partial charge in [0.15, 0.2) is 0 Å². The first-order valence-corrected chi connectivity index (χ1v) is 9.49. The second-order valence-corrected chi connectivity index (χ2v) is 7.19. The number of fused-ring (bicyclic) bond motifs is 1. The molecule has 0 aliphatic heterocycles. The van der Waals surface area contributed by atoms with Gasteiger partial charge in [-0.15, -0.1) is 0 Å². The molecule has 2 aromatic carbocycles. The van der Waals surface area contributed by atoms with Crippen LogP contribution >= 0.6 is 11.3 Å². The van der Waals surface area contributed by atoms with E-state index in [1.807, 2.05) is 12.1 Å². The Bertz CT molecular complexity index is 1250. The van der Waals surface area contributed by atoms with Gasteiger partial charge >= 0.3 is 6.18 Å². The summed E-state index contributed by atoms with van der Waals surface area (Å²) in [4.78, 5) is 17.1. The summed E-state index contributed by atoms with van der Waals surface area (Å²) in [5.74, 6) is 0.735. The van der Waals surface area contributed by atoms with Crippen LogP contribution in [-0.2, 0) is 12.8 Å². The molecule has 0 aliphatic carbocycles. The van der Waals surface area contributed by atoms with E-state index >= 15 is 0 Å². The molecule has 154 valence electrons. The minimum Gasteiger partial charge on any atom is -0.497 e. The van der Waals surface area contributed by atoms with E-state index < -0.39 is 17.3 Å². The van der Waals surface area contributed by atoms with Crippen molar-refractivity contribution in [1.29, 1.82) is 0 Å². The highest BCUT2D eigenvalue weighted by molar-refractivity contribution is 7.19. The molecule has 4 aromatic rings. The summed E-state index contributed by atoms with van der Waals surface area (Å²) >= 11 is 1.22. The summed E-state index contributed by atoms with van der Waals surface area (Å²) in [6.45, 7) is -0.150. The molecule has 0 saturated heterocycles. The summed E-state index contributed by atoms with van der Waals surface area (Å²) in [6.07, 6.45) is -4.46. The number of halogens is 3. The Balaban J connectivity index is 1.58. The molecule has 30 heavy (non-hydrogen) atoms. The van der Waals surface area contributed by atoms with Crippen molar-refractivity contribution in [2.24, 2.45) is 0 Å². The summed E-state index contributed by atoms with van der Waals surface area (Å²) in [6, 6.07) is 13.0. The molecule has 0 N–H and O–H groups in total. The summed E-state index contributed by atoms with van der Waals surface area (Å²) in [7, 11) is 1.57. The average molecular weight is 433 g/mol. The second kappa shape index (κ2) is 7.79. The smallest absolute Gasteiger partial charge is 0.416 e. The first kappa shape index (κ1) is 19.9. The van der Waals surface area contributed by atoms with Gasteiger partial charge in [0.1, 0.15) is 23.1 Å². The van der Waals surface area contributed by atoms with Crippen molar-refractivity contribution in [3.63, 3.8) is 0 Å². The van der Waals surface area contributed by atoms with Gasteiger partial charge in [0.05, 0.1) is 18.4 Å². The van der Waals surface area contributed by atoms with Gasteiger partial charge in [-0.25, -0.2) is 4.98 Å². The van der Waals surface area contributed by atoms with Crippen molar-refractivity contribution >= 4 is 16.3 Å². The van der Waals surface area contributed by atoms with Crippen LogP contribution < -0.4 is 15.0 Å². The standard InChI is InChI=1S/C20H14F3N3O3S/c1-28-15-7-5-12(6-8-15)18-25-26-17(27)10-14(24-19(26)30-18)11-29-16-4-2-3-13(9-16)20(21,22)23/h2-10H,11H2,1H3. The van der Waals surface area contributed by atoms with Crippen LogP contribution in [0.5, 0.6) is 11.5 Å². The molecule has 0 aliphatic rings. The fourth-order valence-electron chi connectivity index (χ4n) is 2.70. The van der Waals surface area contributed by atoms with Crippen LogP contribution in [0.3, 0.4) is 0 Å². The van der Waals surface area contributed by atoms with Gasteiger partial charge in [-0.1, -0.05) is 17.4 Å². The zero-order valence-electron chi connectivity index (χ0n) is 15.5. The van der Waals surface area contributed by atoms with Crippen molar-refractivity contribution in [3.05, 3.63) is 76.2 Å². The normalized spacial score (nSPS) is 11.6. The molecular formula is C20H14F3N3O3S. The van der Waals surface area contributed by atoms with Crippen molar-refractivity contribution < 1.29 is 22.6 Å². The fourth-order valence-corrected chi connectivity index (χ4v) is 3.63. The van der Waals surface area contributed by atoms with Crippen molar-refractivity contribution in [2.75, 3.05) is 7.11 Å². The van der Waals surface area contributed by atoms with Gasteiger partial charge in [0, 0.05) is 11.6 Å². The van der Waals surface area contributed by atoms with Crippen LogP contribution in [0.4, 0.5) is 13.2 Å².